The van der Waals surface area contributed by atoms with Crippen LogP contribution in [0.1, 0.15) is 26.2 Å². The standard InChI is InChI=1S/C29H26N8O2/c1-3-4-8-24(38)32-19-13-18(15-30-16-19)22-9-10-23-26(33-22)27(37-36-23)29-34-25-21(11-12-31-28(25)35-29)17-6-5-7-20(14-17)39-2/h5-7,9-16H,3-4,8H2,1-2H3,(H,32,38)(H,36,37)(H,31,34,35). The van der Waals surface area contributed by atoms with Crippen LogP contribution in [-0.2, 0) is 4.79 Å². The number of H-pyrrole nitrogens is 2. The third-order valence-corrected chi connectivity index (χ3v) is 6.47. The van der Waals surface area contributed by atoms with Crippen LogP contribution in [0.25, 0.3) is 56.1 Å². The Morgan fingerprint density at radius 3 is 2.82 bits per heavy atom. The lowest BCUT2D eigenvalue weighted by Crippen LogP contribution is -2.11. The summed E-state index contributed by atoms with van der Waals surface area (Å²) in [6.07, 6.45) is 7.40. The summed E-state index contributed by atoms with van der Waals surface area (Å²) in [4.78, 5) is 34.0. The Bertz CT molecular complexity index is 1810. The van der Waals surface area contributed by atoms with Gasteiger partial charge in [0.15, 0.2) is 17.2 Å². The second kappa shape index (κ2) is 10.3. The van der Waals surface area contributed by atoms with Gasteiger partial charge in [-0.05, 0) is 48.4 Å². The molecule has 194 valence electrons. The van der Waals surface area contributed by atoms with E-state index in [1.165, 1.54) is 0 Å². The lowest BCUT2D eigenvalue weighted by molar-refractivity contribution is -0.116. The van der Waals surface area contributed by atoms with Crippen LogP contribution < -0.4 is 10.1 Å². The second-order valence-electron chi connectivity index (χ2n) is 9.15. The van der Waals surface area contributed by atoms with Crippen LogP contribution in [0, 0.1) is 0 Å². The molecule has 0 radical (unpaired) electrons. The highest BCUT2D eigenvalue weighted by Crippen LogP contribution is 2.32. The number of amides is 1. The van der Waals surface area contributed by atoms with Crippen molar-refractivity contribution in [3.8, 4) is 39.7 Å². The molecule has 5 aromatic heterocycles. The highest BCUT2D eigenvalue weighted by atomic mass is 16.5. The van der Waals surface area contributed by atoms with Crippen molar-refractivity contribution in [2.24, 2.45) is 0 Å². The normalized spacial score (nSPS) is 11.2. The van der Waals surface area contributed by atoms with Crippen molar-refractivity contribution in [1.82, 2.24) is 35.1 Å². The van der Waals surface area contributed by atoms with Gasteiger partial charge < -0.3 is 15.0 Å². The fourth-order valence-corrected chi connectivity index (χ4v) is 4.48. The number of aromatic nitrogens is 7. The van der Waals surface area contributed by atoms with Gasteiger partial charge in [-0.1, -0.05) is 25.5 Å². The number of pyridine rings is 3. The lowest BCUT2D eigenvalue weighted by atomic mass is 10.1. The number of aromatic amines is 2. The number of hydrogen-bond acceptors (Lipinski definition) is 7. The minimum Gasteiger partial charge on any atom is -0.497 e. The zero-order valence-corrected chi connectivity index (χ0v) is 21.5. The van der Waals surface area contributed by atoms with Crippen molar-refractivity contribution in [3.63, 3.8) is 0 Å². The van der Waals surface area contributed by atoms with Gasteiger partial charge in [-0.25, -0.2) is 15.0 Å². The Morgan fingerprint density at radius 2 is 1.95 bits per heavy atom. The molecule has 10 heteroatoms. The van der Waals surface area contributed by atoms with Crippen LogP contribution in [0.4, 0.5) is 5.69 Å². The molecule has 0 bridgehead atoms. The first-order chi connectivity index (χ1) is 19.1. The number of nitrogens with one attached hydrogen (secondary N) is 3. The summed E-state index contributed by atoms with van der Waals surface area (Å²) in [5.74, 6) is 1.30. The Kier molecular flexibility index (Phi) is 6.42. The van der Waals surface area contributed by atoms with Crippen molar-refractivity contribution < 1.29 is 9.53 Å². The third kappa shape index (κ3) is 4.79. The molecule has 10 nitrogen and oxygen atoms in total. The smallest absolute Gasteiger partial charge is 0.224 e. The Labute approximate surface area is 223 Å². The first-order valence-corrected chi connectivity index (χ1v) is 12.7. The van der Waals surface area contributed by atoms with Crippen molar-refractivity contribution in [2.45, 2.75) is 26.2 Å². The monoisotopic (exact) mass is 518 g/mol. The molecular formula is C29H26N8O2. The molecule has 0 aliphatic carbocycles. The molecule has 6 aromatic rings. The number of carbonyl (C=O) groups is 1. The summed E-state index contributed by atoms with van der Waals surface area (Å²) in [6, 6.07) is 15.4. The van der Waals surface area contributed by atoms with E-state index in [-0.39, 0.29) is 5.91 Å². The second-order valence-corrected chi connectivity index (χ2v) is 9.15. The predicted octanol–water partition coefficient (Wildman–Crippen LogP) is 5.76. The van der Waals surface area contributed by atoms with Crippen LogP contribution in [0.5, 0.6) is 5.75 Å². The number of carbonyl (C=O) groups excluding carboxylic acids is 1. The Morgan fingerprint density at radius 1 is 1.03 bits per heavy atom. The molecule has 39 heavy (non-hydrogen) atoms. The zero-order valence-electron chi connectivity index (χ0n) is 21.5. The fourth-order valence-electron chi connectivity index (χ4n) is 4.48. The molecule has 0 aliphatic rings. The number of benzene rings is 1. The van der Waals surface area contributed by atoms with Gasteiger partial charge in [0.05, 0.1) is 30.2 Å². The van der Waals surface area contributed by atoms with Gasteiger partial charge in [0.2, 0.25) is 5.91 Å². The van der Waals surface area contributed by atoms with E-state index in [4.69, 9.17) is 14.7 Å². The fraction of sp³-hybridized carbons (Fsp3) is 0.172. The molecule has 0 fully saturated rings. The van der Waals surface area contributed by atoms with E-state index in [9.17, 15) is 4.79 Å². The summed E-state index contributed by atoms with van der Waals surface area (Å²) in [5, 5.41) is 10.5. The number of unbranched alkanes of at least 4 members (excludes halogenated alkanes) is 1. The van der Waals surface area contributed by atoms with Gasteiger partial charge >= 0.3 is 0 Å². The van der Waals surface area contributed by atoms with E-state index in [0.29, 0.717) is 40.5 Å². The highest BCUT2D eigenvalue weighted by molar-refractivity contribution is 5.95. The summed E-state index contributed by atoms with van der Waals surface area (Å²) in [5.41, 5.74) is 7.41. The van der Waals surface area contributed by atoms with E-state index in [1.807, 2.05) is 48.5 Å². The van der Waals surface area contributed by atoms with Gasteiger partial charge in [-0.2, -0.15) is 5.10 Å². The molecular weight excluding hydrogens is 492 g/mol. The molecule has 0 spiro atoms. The Hall–Kier alpha value is -5.12. The van der Waals surface area contributed by atoms with Crippen molar-refractivity contribution in [3.05, 3.63) is 67.1 Å². The quantitative estimate of drug-likeness (QED) is 0.233. The minimum atomic E-state index is -0.0249. The SMILES string of the molecule is CCCCC(=O)Nc1cncc(-c2ccc3[nH]nc(-c4nc5c(-c6cccc(OC)c6)ccnc5[nH]4)c3n2)c1. The lowest BCUT2D eigenvalue weighted by Gasteiger charge is -2.07. The van der Waals surface area contributed by atoms with Gasteiger partial charge in [0, 0.05) is 29.9 Å². The van der Waals surface area contributed by atoms with Crippen LogP contribution in [0.2, 0.25) is 0 Å². The number of rotatable bonds is 8. The maximum absolute atomic E-state index is 12.2. The van der Waals surface area contributed by atoms with E-state index in [2.05, 4.69) is 37.4 Å². The molecule has 0 saturated carbocycles. The highest BCUT2D eigenvalue weighted by Gasteiger charge is 2.18. The summed E-state index contributed by atoms with van der Waals surface area (Å²) < 4.78 is 5.40. The van der Waals surface area contributed by atoms with Crippen molar-refractivity contribution >= 4 is 33.8 Å². The minimum absolute atomic E-state index is 0.0249. The maximum Gasteiger partial charge on any atom is 0.224 e. The molecule has 0 unspecified atom stereocenters. The van der Waals surface area contributed by atoms with Crippen molar-refractivity contribution in [2.75, 3.05) is 12.4 Å². The largest absolute Gasteiger partial charge is 0.497 e. The molecule has 5 heterocycles. The first-order valence-electron chi connectivity index (χ1n) is 12.7. The van der Waals surface area contributed by atoms with Crippen molar-refractivity contribution in [1.29, 1.82) is 0 Å². The number of ether oxygens (including phenoxy) is 1. The molecule has 1 amide bonds. The van der Waals surface area contributed by atoms with E-state index >= 15 is 0 Å². The van der Waals surface area contributed by atoms with Crippen LogP contribution in [0.3, 0.4) is 0 Å². The van der Waals surface area contributed by atoms with E-state index < -0.39 is 0 Å². The average Bonchev–Trinajstić information content (AvgIpc) is 3.60. The van der Waals surface area contributed by atoms with Gasteiger partial charge in [0.25, 0.3) is 0 Å². The molecule has 0 atom stereocenters. The number of nitrogens with zero attached hydrogens (tertiary/aromatic N) is 5. The number of methoxy groups -OCH3 is 1. The van der Waals surface area contributed by atoms with E-state index in [1.54, 1.807) is 25.7 Å². The molecule has 6 rings (SSSR count). The third-order valence-electron chi connectivity index (χ3n) is 6.47. The first kappa shape index (κ1) is 24.2. The number of hydrogen-bond donors (Lipinski definition) is 3. The zero-order chi connectivity index (χ0) is 26.8. The number of anilines is 1. The average molecular weight is 519 g/mol. The van der Waals surface area contributed by atoms with Crippen LogP contribution >= 0.6 is 0 Å². The topological polar surface area (TPSA) is 134 Å². The number of fused-ring (bicyclic) bond motifs is 2. The van der Waals surface area contributed by atoms with Crippen LogP contribution in [0.15, 0.2) is 67.1 Å². The maximum atomic E-state index is 12.2. The summed E-state index contributed by atoms with van der Waals surface area (Å²) >= 11 is 0. The molecule has 0 saturated heterocycles. The molecule has 1 aromatic carbocycles. The number of imidazole rings is 1. The van der Waals surface area contributed by atoms with Gasteiger partial charge in [-0.15, -0.1) is 0 Å². The van der Waals surface area contributed by atoms with Gasteiger partial charge in [0.1, 0.15) is 16.8 Å². The molecule has 0 aliphatic heterocycles. The Balaban J connectivity index is 1.37. The summed E-state index contributed by atoms with van der Waals surface area (Å²) in [6.45, 7) is 2.06. The van der Waals surface area contributed by atoms with Crippen LogP contribution in [-0.4, -0.2) is 48.1 Å². The van der Waals surface area contributed by atoms with E-state index in [0.717, 1.165) is 46.3 Å². The molecule has 3 N–H and O–H groups in total. The predicted molar refractivity (Wildman–Crippen MR) is 150 cm³/mol. The summed E-state index contributed by atoms with van der Waals surface area (Å²) in [7, 11) is 1.65. The van der Waals surface area contributed by atoms with Gasteiger partial charge in [-0.3, -0.25) is 14.9 Å².